The zero-order valence-electron chi connectivity index (χ0n) is 13.4. The molecule has 1 atom stereocenters. The maximum atomic E-state index is 12.0. The molecule has 1 saturated heterocycles. The Morgan fingerprint density at radius 1 is 1.27 bits per heavy atom. The number of carbonyl (C=O) groups excluding carboxylic acids is 1. The third-order valence-corrected chi connectivity index (χ3v) is 4.84. The minimum atomic E-state index is -1.32. The summed E-state index contributed by atoms with van der Waals surface area (Å²) in [6, 6.07) is 8.10. The molecule has 1 aliphatic rings. The van der Waals surface area contributed by atoms with Crippen LogP contribution in [-0.2, 0) is 11.2 Å². The molecule has 118 valence electrons. The highest BCUT2D eigenvalue weighted by Gasteiger charge is 2.56. The van der Waals surface area contributed by atoms with Gasteiger partial charge in [0.1, 0.15) is 0 Å². The van der Waals surface area contributed by atoms with E-state index in [0.717, 1.165) is 16.6 Å². The number of para-hydroxylation sites is 1. The predicted octanol–water partition coefficient (Wildman–Crippen LogP) is 2.96. The molecule has 0 unspecified atom stereocenters. The van der Waals surface area contributed by atoms with Crippen LogP contribution in [0.3, 0.4) is 0 Å². The molecule has 1 fully saturated rings. The van der Waals surface area contributed by atoms with Crippen LogP contribution in [0.5, 0.6) is 0 Å². The van der Waals surface area contributed by atoms with Crippen LogP contribution in [-0.4, -0.2) is 39.0 Å². The molecule has 5 nitrogen and oxygen atoms in total. The average Bonchev–Trinajstić information content (AvgIpc) is 2.81. The second-order valence-corrected chi connectivity index (χ2v) is 6.57. The van der Waals surface area contributed by atoms with Gasteiger partial charge in [-0.2, -0.15) is 0 Å². The first kappa shape index (κ1) is 14.9. The lowest BCUT2D eigenvalue weighted by molar-refractivity contribution is -0.126. The normalized spacial score (nSPS) is 24.0. The average molecular weight is 302 g/mol. The van der Waals surface area contributed by atoms with Gasteiger partial charge in [-0.1, -0.05) is 18.2 Å². The number of ether oxygens (including phenoxy) is 1. The van der Waals surface area contributed by atoms with E-state index in [1.165, 1.54) is 10.5 Å². The number of fused-ring (bicyclic) bond motifs is 1. The summed E-state index contributed by atoms with van der Waals surface area (Å²) in [5.41, 5.74) is 1.12. The molecule has 3 rings (SSSR count). The number of aromatic nitrogens is 1. The standard InChI is InChI=1S/C17H22N2O3/c1-11-12(13-7-5-6-8-14(13)18-11)9-10-19-15(20)22-16(2,3)17(19,4)21/h5-8,18,21H,9-10H2,1-4H3/t17-/m1/s1. The smallest absolute Gasteiger partial charge is 0.412 e. The minimum absolute atomic E-state index is 0.415. The summed E-state index contributed by atoms with van der Waals surface area (Å²) in [7, 11) is 0. The van der Waals surface area contributed by atoms with Gasteiger partial charge in [-0.05, 0) is 45.7 Å². The van der Waals surface area contributed by atoms with Gasteiger partial charge >= 0.3 is 6.09 Å². The first-order valence-electron chi connectivity index (χ1n) is 7.53. The third kappa shape index (κ3) is 2.08. The third-order valence-electron chi connectivity index (χ3n) is 4.84. The molecule has 0 bridgehead atoms. The Balaban J connectivity index is 1.86. The monoisotopic (exact) mass is 302 g/mol. The van der Waals surface area contributed by atoms with E-state index >= 15 is 0 Å². The summed E-state index contributed by atoms with van der Waals surface area (Å²) in [4.78, 5) is 16.8. The fourth-order valence-electron chi connectivity index (χ4n) is 3.06. The van der Waals surface area contributed by atoms with E-state index in [-0.39, 0.29) is 0 Å². The molecule has 5 heteroatoms. The Kier molecular flexibility index (Phi) is 3.22. The van der Waals surface area contributed by atoms with E-state index in [2.05, 4.69) is 11.1 Å². The number of cyclic esters (lactones) is 1. The van der Waals surface area contributed by atoms with Crippen molar-refractivity contribution in [1.82, 2.24) is 9.88 Å². The molecule has 0 aliphatic carbocycles. The van der Waals surface area contributed by atoms with Gasteiger partial charge in [0.2, 0.25) is 0 Å². The molecule has 0 radical (unpaired) electrons. The van der Waals surface area contributed by atoms with Crippen molar-refractivity contribution in [3.8, 4) is 0 Å². The molecule has 1 aromatic heterocycles. The van der Waals surface area contributed by atoms with Gasteiger partial charge in [-0.3, -0.25) is 4.90 Å². The van der Waals surface area contributed by atoms with Crippen molar-refractivity contribution in [2.45, 2.75) is 45.4 Å². The summed E-state index contributed by atoms with van der Waals surface area (Å²) in [6.07, 6.45) is 0.199. The summed E-state index contributed by atoms with van der Waals surface area (Å²) >= 11 is 0. The first-order valence-corrected chi connectivity index (χ1v) is 7.53. The van der Waals surface area contributed by atoms with Crippen LogP contribution < -0.4 is 0 Å². The van der Waals surface area contributed by atoms with Crippen molar-refractivity contribution in [2.24, 2.45) is 0 Å². The maximum Gasteiger partial charge on any atom is 0.412 e. The second kappa shape index (κ2) is 4.74. The van der Waals surface area contributed by atoms with E-state index < -0.39 is 17.4 Å². The van der Waals surface area contributed by atoms with Crippen LogP contribution in [0, 0.1) is 6.92 Å². The lowest BCUT2D eigenvalue weighted by Gasteiger charge is -2.34. The Morgan fingerprint density at radius 3 is 2.59 bits per heavy atom. The van der Waals surface area contributed by atoms with Crippen LogP contribution >= 0.6 is 0 Å². The van der Waals surface area contributed by atoms with Gasteiger partial charge in [-0.25, -0.2) is 4.79 Å². The second-order valence-electron chi connectivity index (χ2n) is 6.57. The number of rotatable bonds is 3. The summed E-state index contributed by atoms with van der Waals surface area (Å²) < 4.78 is 5.29. The van der Waals surface area contributed by atoms with Gasteiger partial charge in [0, 0.05) is 23.1 Å². The number of hydrogen-bond donors (Lipinski definition) is 2. The highest BCUT2D eigenvalue weighted by atomic mass is 16.6. The van der Waals surface area contributed by atoms with Crippen molar-refractivity contribution in [2.75, 3.05) is 6.54 Å². The summed E-state index contributed by atoms with van der Waals surface area (Å²) in [6.45, 7) is 7.52. The molecule has 0 saturated carbocycles. The van der Waals surface area contributed by atoms with Crippen LogP contribution in [0.4, 0.5) is 4.79 Å². The molecular weight excluding hydrogens is 280 g/mol. The number of aliphatic hydroxyl groups is 1. The van der Waals surface area contributed by atoms with Gasteiger partial charge in [0.15, 0.2) is 11.3 Å². The van der Waals surface area contributed by atoms with E-state index in [1.807, 2.05) is 25.1 Å². The molecule has 1 amide bonds. The van der Waals surface area contributed by atoms with Gasteiger partial charge in [0.05, 0.1) is 0 Å². The number of hydrogen-bond acceptors (Lipinski definition) is 3. The van der Waals surface area contributed by atoms with Gasteiger partial charge < -0.3 is 14.8 Å². The number of H-pyrrole nitrogens is 1. The largest absolute Gasteiger partial charge is 0.438 e. The minimum Gasteiger partial charge on any atom is -0.438 e. The van der Waals surface area contributed by atoms with E-state index in [9.17, 15) is 9.90 Å². The molecule has 22 heavy (non-hydrogen) atoms. The topological polar surface area (TPSA) is 65.6 Å². The number of aromatic amines is 1. The molecule has 2 aromatic rings. The van der Waals surface area contributed by atoms with E-state index in [0.29, 0.717) is 13.0 Å². The SMILES string of the molecule is Cc1[nH]c2ccccc2c1CCN1C(=O)OC(C)(C)[C@@]1(C)O. The van der Waals surface area contributed by atoms with E-state index in [4.69, 9.17) is 4.74 Å². The molecule has 2 N–H and O–H groups in total. The highest BCUT2D eigenvalue weighted by Crippen LogP contribution is 2.37. The predicted molar refractivity (Wildman–Crippen MR) is 84.6 cm³/mol. The van der Waals surface area contributed by atoms with Crippen molar-refractivity contribution in [3.63, 3.8) is 0 Å². The van der Waals surface area contributed by atoms with Gasteiger partial charge in [-0.15, -0.1) is 0 Å². The van der Waals surface area contributed by atoms with Crippen LogP contribution in [0.15, 0.2) is 24.3 Å². The number of benzene rings is 1. The fourth-order valence-corrected chi connectivity index (χ4v) is 3.06. The Morgan fingerprint density at radius 2 is 1.95 bits per heavy atom. The zero-order chi connectivity index (χ0) is 16.1. The Hall–Kier alpha value is -2.01. The van der Waals surface area contributed by atoms with Crippen LogP contribution in [0.2, 0.25) is 0 Å². The molecule has 2 heterocycles. The number of nitrogens with one attached hydrogen (secondary N) is 1. The molecule has 1 aliphatic heterocycles. The summed E-state index contributed by atoms with van der Waals surface area (Å²) in [5, 5.41) is 11.8. The van der Waals surface area contributed by atoms with Crippen LogP contribution in [0.25, 0.3) is 10.9 Å². The lowest BCUT2D eigenvalue weighted by atomic mass is 9.95. The van der Waals surface area contributed by atoms with Gasteiger partial charge in [0.25, 0.3) is 0 Å². The quantitative estimate of drug-likeness (QED) is 0.916. The van der Waals surface area contributed by atoms with Crippen molar-refractivity contribution in [1.29, 1.82) is 0 Å². The molecule has 1 aromatic carbocycles. The number of carbonyl (C=O) groups is 1. The Labute approximate surface area is 129 Å². The summed E-state index contributed by atoms with van der Waals surface area (Å²) in [5.74, 6) is 0. The van der Waals surface area contributed by atoms with E-state index in [1.54, 1.807) is 20.8 Å². The first-order chi connectivity index (χ1) is 10.2. The molecular formula is C17H22N2O3. The lowest BCUT2D eigenvalue weighted by Crippen LogP contribution is -2.54. The fraction of sp³-hybridized carbons (Fsp3) is 0.471. The van der Waals surface area contributed by atoms with Crippen LogP contribution in [0.1, 0.15) is 32.0 Å². The van der Waals surface area contributed by atoms with Crippen molar-refractivity contribution in [3.05, 3.63) is 35.5 Å². The van der Waals surface area contributed by atoms with Crippen molar-refractivity contribution >= 4 is 17.0 Å². The number of amides is 1. The number of aryl methyl sites for hydroxylation is 1. The highest BCUT2D eigenvalue weighted by molar-refractivity contribution is 5.84. The molecule has 0 spiro atoms. The zero-order valence-corrected chi connectivity index (χ0v) is 13.4. The number of nitrogens with zero attached hydrogens (tertiary/aromatic N) is 1. The van der Waals surface area contributed by atoms with Crippen molar-refractivity contribution < 1.29 is 14.6 Å². The maximum absolute atomic E-state index is 12.0. The Bertz CT molecular complexity index is 731.